The quantitative estimate of drug-likeness (QED) is 0.377. The lowest BCUT2D eigenvalue weighted by Crippen LogP contribution is -2.56. The van der Waals surface area contributed by atoms with Crippen LogP contribution in [0.5, 0.6) is 0 Å². The van der Waals surface area contributed by atoms with Crippen molar-refractivity contribution in [1.82, 2.24) is 21.1 Å². The maximum atomic E-state index is 12.8. The average molecular weight is 438 g/mol. The molecule has 172 valence electrons. The van der Waals surface area contributed by atoms with Crippen molar-refractivity contribution in [2.75, 3.05) is 26.9 Å². The van der Waals surface area contributed by atoms with Crippen LogP contribution in [0.2, 0.25) is 0 Å². The zero-order valence-electron chi connectivity index (χ0n) is 18.4. The van der Waals surface area contributed by atoms with Crippen molar-refractivity contribution < 1.29 is 33.2 Å². The maximum absolute atomic E-state index is 12.8. The fourth-order valence-electron chi connectivity index (χ4n) is 2.91. The third-order valence-corrected chi connectivity index (χ3v) is 4.69. The second-order valence-electron chi connectivity index (χ2n) is 8.16. The van der Waals surface area contributed by atoms with Crippen LogP contribution in [0, 0.1) is 12.8 Å². The molecule has 2 heterocycles. The van der Waals surface area contributed by atoms with Crippen LogP contribution < -0.4 is 16.0 Å². The summed E-state index contributed by atoms with van der Waals surface area (Å²) in [6.07, 6.45) is 0.435. The van der Waals surface area contributed by atoms with Crippen molar-refractivity contribution in [3.8, 4) is 0 Å². The zero-order chi connectivity index (χ0) is 23.2. The van der Waals surface area contributed by atoms with Gasteiger partial charge in [0.2, 0.25) is 11.8 Å². The van der Waals surface area contributed by atoms with E-state index in [0.717, 1.165) is 0 Å². The van der Waals surface area contributed by atoms with E-state index in [0.29, 0.717) is 18.8 Å². The highest BCUT2D eigenvalue weighted by molar-refractivity contribution is 5.98. The number of ketones is 1. The van der Waals surface area contributed by atoms with Gasteiger partial charge < -0.3 is 29.9 Å². The van der Waals surface area contributed by atoms with E-state index in [-0.39, 0.29) is 30.5 Å². The van der Waals surface area contributed by atoms with E-state index in [4.69, 9.17) is 14.0 Å². The Kier molecular flexibility index (Phi) is 8.28. The molecule has 3 atom stereocenters. The van der Waals surface area contributed by atoms with Crippen molar-refractivity contribution in [2.45, 2.75) is 51.8 Å². The van der Waals surface area contributed by atoms with Crippen LogP contribution in [0.1, 0.15) is 43.4 Å². The Balaban J connectivity index is 1.94. The number of hydrogen-bond donors (Lipinski definition) is 3. The van der Waals surface area contributed by atoms with E-state index < -0.39 is 35.4 Å². The lowest BCUT2D eigenvalue weighted by Gasteiger charge is -2.24. The van der Waals surface area contributed by atoms with Crippen LogP contribution >= 0.6 is 0 Å². The summed E-state index contributed by atoms with van der Waals surface area (Å²) in [6, 6.07) is -0.352. The number of nitrogens with zero attached hydrogens (tertiary/aromatic N) is 1. The number of carbonyl (C=O) groups is 4. The molecular formula is C20H30N4O7. The molecular weight excluding hydrogens is 408 g/mol. The van der Waals surface area contributed by atoms with Crippen LogP contribution in [-0.4, -0.2) is 73.2 Å². The molecule has 1 aromatic rings. The molecule has 3 amide bonds. The van der Waals surface area contributed by atoms with Crippen LogP contribution in [0.15, 0.2) is 10.6 Å². The largest absolute Gasteiger partial charge is 0.382 e. The molecule has 0 bridgehead atoms. The summed E-state index contributed by atoms with van der Waals surface area (Å²) in [5.41, 5.74) is -0.835. The first kappa shape index (κ1) is 24.5. The minimum absolute atomic E-state index is 0.0438. The summed E-state index contributed by atoms with van der Waals surface area (Å²) in [4.78, 5) is 49.7. The van der Waals surface area contributed by atoms with Gasteiger partial charge in [-0.2, -0.15) is 0 Å². The Bertz CT molecular complexity index is 816. The first-order valence-electron chi connectivity index (χ1n) is 10.0. The Labute approximate surface area is 180 Å². The van der Waals surface area contributed by atoms with Crippen molar-refractivity contribution in [2.24, 2.45) is 5.92 Å². The molecule has 1 aliphatic rings. The summed E-state index contributed by atoms with van der Waals surface area (Å²) >= 11 is 0. The molecule has 0 saturated carbocycles. The number of ether oxygens (including phenoxy) is 2. The third-order valence-electron chi connectivity index (χ3n) is 4.69. The Morgan fingerprint density at radius 2 is 1.90 bits per heavy atom. The Hall–Kier alpha value is -2.79. The van der Waals surface area contributed by atoms with E-state index in [9.17, 15) is 19.2 Å². The number of aromatic nitrogens is 1. The number of carbonyl (C=O) groups excluding carboxylic acids is 4. The van der Waals surface area contributed by atoms with Gasteiger partial charge in [0, 0.05) is 13.2 Å². The van der Waals surface area contributed by atoms with Gasteiger partial charge in [0.05, 0.1) is 25.8 Å². The first-order valence-corrected chi connectivity index (χ1v) is 10.0. The number of aryl methyl sites for hydroxylation is 1. The number of rotatable bonds is 12. The molecule has 0 aliphatic carbocycles. The number of nitrogens with one attached hydrogen (secondary N) is 3. The number of hydrogen-bond acceptors (Lipinski definition) is 8. The molecule has 1 fully saturated rings. The molecule has 0 aromatic carbocycles. The van der Waals surface area contributed by atoms with E-state index in [1.165, 1.54) is 13.2 Å². The lowest BCUT2D eigenvalue weighted by molar-refractivity contribution is -0.134. The normalized spacial score (nSPS) is 19.4. The predicted octanol–water partition coefficient (Wildman–Crippen LogP) is -0.267. The fraction of sp³-hybridized carbons (Fsp3) is 0.650. The minimum Gasteiger partial charge on any atom is -0.382 e. The molecule has 1 aromatic heterocycles. The number of methoxy groups -OCH3 is 1. The summed E-state index contributed by atoms with van der Waals surface area (Å²) in [7, 11) is 1.39. The van der Waals surface area contributed by atoms with E-state index in [2.05, 4.69) is 21.1 Å². The van der Waals surface area contributed by atoms with Crippen LogP contribution in [0.3, 0.4) is 0 Å². The summed E-state index contributed by atoms with van der Waals surface area (Å²) in [5.74, 6) is -1.33. The van der Waals surface area contributed by atoms with Gasteiger partial charge >= 0.3 is 0 Å². The van der Waals surface area contributed by atoms with Crippen molar-refractivity contribution in [3.05, 3.63) is 17.5 Å². The van der Waals surface area contributed by atoms with Gasteiger partial charge in [0.1, 0.15) is 17.4 Å². The maximum Gasteiger partial charge on any atom is 0.273 e. The van der Waals surface area contributed by atoms with Gasteiger partial charge in [-0.3, -0.25) is 19.2 Å². The molecule has 0 radical (unpaired) electrons. The summed E-state index contributed by atoms with van der Waals surface area (Å²) in [6.45, 7) is 7.04. The molecule has 2 rings (SSSR count). The van der Waals surface area contributed by atoms with Gasteiger partial charge in [-0.15, -0.1) is 0 Å². The minimum atomic E-state index is -1.04. The monoisotopic (exact) mass is 438 g/mol. The van der Waals surface area contributed by atoms with Crippen molar-refractivity contribution in [3.63, 3.8) is 0 Å². The highest BCUT2D eigenvalue weighted by Crippen LogP contribution is 2.29. The van der Waals surface area contributed by atoms with Gasteiger partial charge in [-0.25, -0.2) is 0 Å². The summed E-state index contributed by atoms with van der Waals surface area (Å²) in [5, 5.41) is 11.2. The highest BCUT2D eigenvalue weighted by atomic mass is 16.6. The molecule has 0 spiro atoms. The molecule has 1 saturated heterocycles. The zero-order valence-corrected chi connectivity index (χ0v) is 18.4. The molecule has 0 unspecified atom stereocenters. The van der Waals surface area contributed by atoms with E-state index in [1.54, 1.807) is 13.8 Å². The molecule has 11 heteroatoms. The van der Waals surface area contributed by atoms with Crippen molar-refractivity contribution >= 4 is 23.5 Å². The van der Waals surface area contributed by atoms with Crippen molar-refractivity contribution in [1.29, 1.82) is 0 Å². The lowest BCUT2D eigenvalue weighted by atomic mass is 9.93. The fourth-order valence-corrected chi connectivity index (χ4v) is 2.91. The van der Waals surface area contributed by atoms with Crippen LogP contribution in [-0.2, 0) is 23.9 Å². The van der Waals surface area contributed by atoms with Gasteiger partial charge in [-0.05, 0) is 26.2 Å². The van der Waals surface area contributed by atoms with Gasteiger partial charge in [0.15, 0.2) is 11.5 Å². The predicted molar refractivity (Wildman–Crippen MR) is 108 cm³/mol. The number of amides is 3. The SMILES string of the molecule is COC[C@H](NC(=O)CNC(=O)c1cc(C)on1)C(=O)N[C@@H](CC(C)C)C(=O)[C@@]1(C)CO1. The van der Waals surface area contributed by atoms with Crippen LogP contribution in [0.25, 0.3) is 0 Å². The van der Waals surface area contributed by atoms with E-state index >= 15 is 0 Å². The molecule has 31 heavy (non-hydrogen) atoms. The number of Topliss-reactive ketones (excluding diaryl/α,β-unsaturated/α-hetero) is 1. The summed E-state index contributed by atoms with van der Waals surface area (Å²) < 4.78 is 15.1. The number of epoxide rings is 1. The highest BCUT2D eigenvalue weighted by Gasteiger charge is 2.50. The smallest absolute Gasteiger partial charge is 0.273 e. The van der Waals surface area contributed by atoms with Gasteiger partial charge in [-0.1, -0.05) is 19.0 Å². The Morgan fingerprint density at radius 3 is 2.42 bits per heavy atom. The average Bonchev–Trinajstić information content (AvgIpc) is 3.30. The first-order chi connectivity index (χ1) is 14.6. The molecule has 1 aliphatic heterocycles. The van der Waals surface area contributed by atoms with E-state index in [1.807, 2.05) is 13.8 Å². The standard InChI is InChI=1S/C20H30N4O7/c1-11(2)6-13(17(26)20(4)10-30-20)23-19(28)15(9-29-5)22-16(25)8-21-18(27)14-7-12(3)31-24-14/h7,11,13,15H,6,8-10H2,1-5H3,(H,21,27)(H,22,25)(H,23,28)/t13-,15-,20+/m0/s1. The second-order valence-corrected chi connectivity index (χ2v) is 8.16. The Morgan fingerprint density at radius 1 is 1.23 bits per heavy atom. The topological polar surface area (TPSA) is 152 Å². The van der Waals surface area contributed by atoms with Crippen LogP contribution in [0.4, 0.5) is 0 Å². The second kappa shape index (κ2) is 10.5. The van der Waals surface area contributed by atoms with Gasteiger partial charge in [0.25, 0.3) is 5.91 Å². The molecule has 3 N–H and O–H groups in total. The molecule has 11 nitrogen and oxygen atoms in total. The third kappa shape index (κ3) is 7.14.